The first kappa shape index (κ1) is 20.2. The molecule has 0 spiro atoms. The molecule has 0 aliphatic carbocycles. The van der Waals surface area contributed by atoms with Crippen molar-refractivity contribution in [3.63, 3.8) is 0 Å². The highest BCUT2D eigenvalue weighted by atomic mass is 32.1. The van der Waals surface area contributed by atoms with Crippen LogP contribution in [0, 0.1) is 0 Å². The third kappa shape index (κ3) is 5.73. The fourth-order valence-electron chi connectivity index (χ4n) is 2.48. The van der Waals surface area contributed by atoms with E-state index in [0.29, 0.717) is 34.2 Å². The van der Waals surface area contributed by atoms with Gasteiger partial charge in [-0.1, -0.05) is 18.2 Å². The number of rotatable bonds is 7. The molecule has 8 heteroatoms. The van der Waals surface area contributed by atoms with E-state index in [-0.39, 0.29) is 18.2 Å². The number of anilines is 2. The van der Waals surface area contributed by atoms with Gasteiger partial charge in [-0.05, 0) is 43.3 Å². The third-order valence-corrected chi connectivity index (χ3v) is 4.64. The van der Waals surface area contributed by atoms with E-state index in [9.17, 15) is 14.4 Å². The Morgan fingerprint density at radius 3 is 2.38 bits per heavy atom. The van der Waals surface area contributed by atoms with Crippen molar-refractivity contribution in [1.29, 1.82) is 0 Å². The molecule has 0 aliphatic heterocycles. The number of carbonyl (C=O) groups excluding carboxylic acids is 3. The monoisotopic (exact) mass is 409 g/mol. The summed E-state index contributed by atoms with van der Waals surface area (Å²) in [7, 11) is 0. The van der Waals surface area contributed by atoms with Crippen LogP contribution in [-0.2, 0) is 16.0 Å². The zero-order valence-electron chi connectivity index (χ0n) is 15.7. The third-order valence-electron chi connectivity index (χ3n) is 3.83. The fraction of sp³-hybridized carbons (Fsp3) is 0.143. The minimum absolute atomic E-state index is 0.0668. The highest BCUT2D eigenvalue weighted by molar-refractivity contribution is 7.14. The lowest BCUT2D eigenvalue weighted by atomic mass is 10.2. The second kappa shape index (κ2) is 9.61. The minimum Gasteiger partial charge on any atom is -0.462 e. The molecule has 0 saturated carbocycles. The molecular formula is C21H19N3O4S. The molecule has 0 unspecified atom stereocenters. The van der Waals surface area contributed by atoms with Gasteiger partial charge >= 0.3 is 5.97 Å². The van der Waals surface area contributed by atoms with Crippen molar-refractivity contribution in [2.75, 3.05) is 17.2 Å². The van der Waals surface area contributed by atoms with Crippen molar-refractivity contribution >= 4 is 39.9 Å². The van der Waals surface area contributed by atoms with E-state index in [0.717, 1.165) is 0 Å². The molecule has 0 atom stereocenters. The number of esters is 1. The fourth-order valence-corrected chi connectivity index (χ4v) is 3.18. The van der Waals surface area contributed by atoms with Crippen LogP contribution in [-0.4, -0.2) is 29.4 Å². The maximum atomic E-state index is 12.2. The van der Waals surface area contributed by atoms with Gasteiger partial charge in [0.1, 0.15) is 0 Å². The summed E-state index contributed by atoms with van der Waals surface area (Å²) < 4.78 is 4.92. The van der Waals surface area contributed by atoms with Crippen LogP contribution in [0.4, 0.5) is 10.8 Å². The molecule has 2 aromatic carbocycles. The zero-order valence-corrected chi connectivity index (χ0v) is 16.5. The molecule has 3 aromatic rings. The minimum atomic E-state index is -0.405. The molecule has 1 heterocycles. The first-order valence-corrected chi connectivity index (χ1v) is 9.81. The van der Waals surface area contributed by atoms with Crippen LogP contribution in [0.1, 0.15) is 33.3 Å². The Kier molecular flexibility index (Phi) is 6.70. The number of carbonyl (C=O) groups is 3. The molecule has 29 heavy (non-hydrogen) atoms. The van der Waals surface area contributed by atoms with Crippen LogP contribution >= 0.6 is 11.3 Å². The average Bonchev–Trinajstić information content (AvgIpc) is 3.15. The zero-order chi connectivity index (χ0) is 20.6. The molecule has 0 fully saturated rings. The number of thiazole rings is 1. The summed E-state index contributed by atoms with van der Waals surface area (Å²) in [6.07, 6.45) is 0.0668. The SMILES string of the molecule is CCOC(=O)c1ccc(NC(=O)Cc2csc(NC(=O)c3ccccc3)n2)cc1. The van der Waals surface area contributed by atoms with Crippen LogP contribution in [0.25, 0.3) is 0 Å². The van der Waals surface area contributed by atoms with E-state index in [1.165, 1.54) is 11.3 Å². The number of ether oxygens (including phenoxy) is 1. The summed E-state index contributed by atoms with van der Waals surface area (Å²) in [5.41, 5.74) is 2.08. The number of nitrogens with one attached hydrogen (secondary N) is 2. The Labute approximate surface area is 171 Å². The quantitative estimate of drug-likeness (QED) is 0.579. The van der Waals surface area contributed by atoms with Gasteiger partial charge in [-0.25, -0.2) is 9.78 Å². The number of benzene rings is 2. The van der Waals surface area contributed by atoms with Gasteiger partial charge in [-0.2, -0.15) is 0 Å². The first-order chi connectivity index (χ1) is 14.0. The predicted octanol–water partition coefficient (Wildman–Crippen LogP) is 3.75. The van der Waals surface area contributed by atoms with E-state index in [4.69, 9.17) is 4.74 Å². The highest BCUT2D eigenvalue weighted by Crippen LogP contribution is 2.18. The van der Waals surface area contributed by atoms with E-state index in [1.54, 1.807) is 60.8 Å². The molecule has 2 N–H and O–H groups in total. The van der Waals surface area contributed by atoms with Crippen molar-refractivity contribution in [3.8, 4) is 0 Å². The predicted molar refractivity (Wildman–Crippen MR) is 111 cm³/mol. The van der Waals surface area contributed by atoms with Crippen molar-refractivity contribution in [3.05, 3.63) is 76.8 Å². The Morgan fingerprint density at radius 1 is 0.966 bits per heavy atom. The van der Waals surface area contributed by atoms with Gasteiger partial charge in [0.05, 0.1) is 24.3 Å². The lowest BCUT2D eigenvalue weighted by Crippen LogP contribution is -2.15. The first-order valence-electron chi connectivity index (χ1n) is 8.93. The van der Waals surface area contributed by atoms with Gasteiger partial charge < -0.3 is 10.1 Å². The molecule has 3 rings (SSSR count). The molecular weight excluding hydrogens is 390 g/mol. The summed E-state index contributed by atoms with van der Waals surface area (Å²) >= 11 is 1.26. The molecule has 148 valence electrons. The molecule has 0 radical (unpaired) electrons. The molecule has 1 aromatic heterocycles. The van der Waals surface area contributed by atoms with Gasteiger partial charge in [0.25, 0.3) is 5.91 Å². The van der Waals surface area contributed by atoms with Gasteiger partial charge in [0.15, 0.2) is 5.13 Å². The normalized spacial score (nSPS) is 10.2. The number of aromatic nitrogens is 1. The summed E-state index contributed by atoms with van der Waals surface area (Å²) in [5.74, 6) is -0.907. The van der Waals surface area contributed by atoms with Crippen molar-refractivity contribution in [1.82, 2.24) is 4.98 Å². The van der Waals surface area contributed by atoms with E-state index in [2.05, 4.69) is 15.6 Å². The van der Waals surface area contributed by atoms with Crippen molar-refractivity contribution in [2.24, 2.45) is 0 Å². The van der Waals surface area contributed by atoms with E-state index in [1.807, 2.05) is 6.07 Å². The van der Waals surface area contributed by atoms with Crippen LogP contribution in [0.15, 0.2) is 60.0 Å². The Bertz CT molecular complexity index is 1000. The van der Waals surface area contributed by atoms with Crippen LogP contribution in [0.3, 0.4) is 0 Å². The second-order valence-electron chi connectivity index (χ2n) is 5.99. The van der Waals surface area contributed by atoms with E-state index >= 15 is 0 Å². The second-order valence-corrected chi connectivity index (χ2v) is 6.85. The maximum Gasteiger partial charge on any atom is 0.338 e. The summed E-state index contributed by atoms with van der Waals surface area (Å²) in [5, 5.41) is 7.63. The maximum absolute atomic E-state index is 12.2. The molecule has 0 bridgehead atoms. The topological polar surface area (TPSA) is 97.4 Å². The molecule has 0 aliphatic rings. The van der Waals surface area contributed by atoms with Crippen LogP contribution in [0.5, 0.6) is 0 Å². The lowest BCUT2D eigenvalue weighted by molar-refractivity contribution is -0.115. The van der Waals surface area contributed by atoms with E-state index < -0.39 is 5.97 Å². The Hall–Kier alpha value is -3.52. The highest BCUT2D eigenvalue weighted by Gasteiger charge is 2.12. The standard InChI is InChI=1S/C21H19N3O4S/c1-2-28-20(27)15-8-10-16(11-9-15)22-18(25)12-17-13-29-21(23-17)24-19(26)14-6-4-3-5-7-14/h3-11,13H,2,12H2,1H3,(H,22,25)(H,23,24,26). The number of nitrogens with zero attached hydrogens (tertiary/aromatic N) is 1. The molecule has 0 saturated heterocycles. The molecule has 2 amide bonds. The summed E-state index contributed by atoms with van der Waals surface area (Å²) in [6.45, 7) is 2.04. The summed E-state index contributed by atoms with van der Waals surface area (Å²) in [6, 6.07) is 15.3. The lowest BCUT2D eigenvalue weighted by Gasteiger charge is -2.06. The summed E-state index contributed by atoms with van der Waals surface area (Å²) in [4.78, 5) is 40.3. The van der Waals surface area contributed by atoms with Gasteiger partial charge in [0.2, 0.25) is 5.91 Å². The van der Waals surface area contributed by atoms with Gasteiger partial charge in [-0.15, -0.1) is 11.3 Å². The number of amides is 2. The Balaban J connectivity index is 1.53. The number of hydrogen-bond acceptors (Lipinski definition) is 6. The van der Waals surface area contributed by atoms with Crippen LogP contribution in [0.2, 0.25) is 0 Å². The number of hydrogen-bond donors (Lipinski definition) is 2. The van der Waals surface area contributed by atoms with Gasteiger partial charge in [0, 0.05) is 16.6 Å². The van der Waals surface area contributed by atoms with Gasteiger partial charge in [-0.3, -0.25) is 14.9 Å². The molecule has 7 nitrogen and oxygen atoms in total. The Morgan fingerprint density at radius 2 is 1.69 bits per heavy atom. The average molecular weight is 409 g/mol. The van der Waals surface area contributed by atoms with Crippen molar-refractivity contribution < 1.29 is 19.1 Å². The smallest absolute Gasteiger partial charge is 0.338 e. The van der Waals surface area contributed by atoms with Crippen LogP contribution < -0.4 is 10.6 Å². The van der Waals surface area contributed by atoms with Crippen molar-refractivity contribution in [2.45, 2.75) is 13.3 Å². The largest absolute Gasteiger partial charge is 0.462 e.